The van der Waals surface area contributed by atoms with Crippen LogP contribution in [0.2, 0.25) is 0 Å². The van der Waals surface area contributed by atoms with Gasteiger partial charge in [0.25, 0.3) is 5.69 Å². The second-order valence-electron chi connectivity index (χ2n) is 8.60. The third-order valence-corrected chi connectivity index (χ3v) is 7.17. The first-order valence-electron chi connectivity index (χ1n) is 9.76. The average molecular weight is 425 g/mol. The second-order valence-corrected chi connectivity index (χ2v) is 10.5. The second kappa shape index (κ2) is 8.37. The van der Waals surface area contributed by atoms with Crippen LogP contribution in [0.25, 0.3) is 0 Å². The van der Waals surface area contributed by atoms with Crippen molar-refractivity contribution in [3.63, 3.8) is 0 Å². The highest BCUT2D eigenvalue weighted by Crippen LogP contribution is 2.37. The van der Waals surface area contributed by atoms with Crippen molar-refractivity contribution in [2.75, 3.05) is 31.7 Å². The SMILES string of the molecule is C[C@@H]1C/C(=N/Nc2ccc(S(=O)(=O)N3CCOCC3)cc2[N+](=O)[O-])CC(C)(C)C1. The van der Waals surface area contributed by atoms with E-state index in [1.54, 1.807) is 0 Å². The van der Waals surface area contributed by atoms with E-state index >= 15 is 0 Å². The molecule has 0 aromatic heterocycles. The summed E-state index contributed by atoms with van der Waals surface area (Å²) in [6, 6.07) is 3.89. The molecule has 2 fully saturated rings. The number of anilines is 1. The lowest BCUT2D eigenvalue weighted by molar-refractivity contribution is -0.384. The van der Waals surface area contributed by atoms with Gasteiger partial charge in [-0.3, -0.25) is 15.5 Å². The van der Waals surface area contributed by atoms with E-state index in [0.29, 0.717) is 19.1 Å². The fourth-order valence-electron chi connectivity index (χ4n) is 4.19. The van der Waals surface area contributed by atoms with E-state index < -0.39 is 14.9 Å². The maximum atomic E-state index is 12.8. The summed E-state index contributed by atoms with van der Waals surface area (Å²) < 4.78 is 32.0. The van der Waals surface area contributed by atoms with Gasteiger partial charge in [-0.2, -0.15) is 9.41 Å². The Labute approximate surface area is 171 Å². The lowest BCUT2D eigenvalue weighted by Gasteiger charge is -2.34. The Kier molecular flexibility index (Phi) is 6.25. The van der Waals surface area contributed by atoms with Crippen LogP contribution < -0.4 is 5.43 Å². The number of nitrogens with one attached hydrogen (secondary N) is 1. The summed E-state index contributed by atoms with van der Waals surface area (Å²) in [5, 5.41) is 16.0. The van der Waals surface area contributed by atoms with Crippen molar-refractivity contribution in [3.05, 3.63) is 28.3 Å². The number of nitrogens with zero attached hydrogens (tertiary/aromatic N) is 3. The van der Waals surface area contributed by atoms with Crippen LogP contribution in [0.4, 0.5) is 11.4 Å². The molecular formula is C19H28N4O5S. The first-order valence-corrected chi connectivity index (χ1v) is 11.2. The molecule has 160 valence electrons. The van der Waals surface area contributed by atoms with Gasteiger partial charge in [-0.25, -0.2) is 8.42 Å². The zero-order valence-electron chi connectivity index (χ0n) is 17.1. The van der Waals surface area contributed by atoms with Crippen molar-refractivity contribution < 1.29 is 18.1 Å². The molecule has 0 bridgehead atoms. The summed E-state index contributed by atoms with van der Waals surface area (Å²) in [6.07, 6.45) is 2.77. The largest absolute Gasteiger partial charge is 0.379 e. The van der Waals surface area contributed by atoms with Crippen LogP contribution in [-0.4, -0.2) is 49.7 Å². The predicted molar refractivity (Wildman–Crippen MR) is 111 cm³/mol. The van der Waals surface area contributed by atoms with E-state index in [0.717, 1.165) is 31.0 Å². The molecule has 2 aliphatic rings. The van der Waals surface area contributed by atoms with Gasteiger partial charge in [-0.05, 0) is 42.7 Å². The van der Waals surface area contributed by atoms with Gasteiger partial charge in [-0.1, -0.05) is 20.8 Å². The number of sulfonamides is 1. The third-order valence-electron chi connectivity index (χ3n) is 5.28. The minimum absolute atomic E-state index is 0.100. The standard InChI is InChI=1S/C19H28N4O5S/c1-14-10-15(13-19(2,3)12-14)20-21-17-5-4-16(11-18(17)23(24)25)29(26,27)22-6-8-28-9-7-22/h4-5,11,14,21H,6-10,12-13H2,1-3H3/b20-15-/t14-/m1/s1. The highest BCUT2D eigenvalue weighted by atomic mass is 32.2. The van der Waals surface area contributed by atoms with Crippen LogP contribution >= 0.6 is 0 Å². The van der Waals surface area contributed by atoms with Crippen molar-refractivity contribution in [2.45, 2.75) is 44.9 Å². The average Bonchev–Trinajstić information content (AvgIpc) is 2.65. The summed E-state index contributed by atoms with van der Waals surface area (Å²) in [7, 11) is -3.81. The molecule has 29 heavy (non-hydrogen) atoms. The Balaban J connectivity index is 1.85. The summed E-state index contributed by atoms with van der Waals surface area (Å²) in [5.41, 5.74) is 3.77. The lowest BCUT2D eigenvalue weighted by atomic mass is 9.72. The van der Waals surface area contributed by atoms with Gasteiger partial charge in [-0.15, -0.1) is 0 Å². The lowest BCUT2D eigenvalue weighted by Crippen LogP contribution is -2.40. The maximum Gasteiger partial charge on any atom is 0.295 e. The first kappa shape index (κ1) is 21.7. The fraction of sp³-hybridized carbons (Fsp3) is 0.632. The highest BCUT2D eigenvalue weighted by molar-refractivity contribution is 7.89. The van der Waals surface area contributed by atoms with Crippen LogP contribution in [0.5, 0.6) is 0 Å². The Morgan fingerprint density at radius 1 is 1.31 bits per heavy atom. The first-order chi connectivity index (χ1) is 13.6. The molecule has 1 heterocycles. The van der Waals surface area contributed by atoms with E-state index in [2.05, 4.69) is 31.3 Å². The Bertz CT molecular complexity index is 907. The van der Waals surface area contributed by atoms with Crippen molar-refractivity contribution >= 4 is 27.1 Å². The zero-order valence-corrected chi connectivity index (χ0v) is 17.9. The van der Waals surface area contributed by atoms with Gasteiger partial charge < -0.3 is 4.74 Å². The number of rotatable bonds is 5. The number of benzene rings is 1. The normalized spacial score (nSPS) is 24.4. The number of hydrogen-bond acceptors (Lipinski definition) is 7. The monoisotopic (exact) mass is 424 g/mol. The predicted octanol–water partition coefficient (Wildman–Crippen LogP) is 3.23. The van der Waals surface area contributed by atoms with Crippen LogP contribution in [0.1, 0.15) is 40.0 Å². The molecule has 0 amide bonds. The molecule has 1 aromatic carbocycles. The van der Waals surface area contributed by atoms with Crippen LogP contribution in [-0.2, 0) is 14.8 Å². The molecule has 3 rings (SSSR count). The molecular weight excluding hydrogens is 396 g/mol. The number of ether oxygens (including phenoxy) is 1. The van der Waals surface area contributed by atoms with Gasteiger partial charge in [0.05, 0.1) is 23.0 Å². The highest BCUT2D eigenvalue weighted by Gasteiger charge is 2.31. The van der Waals surface area contributed by atoms with Gasteiger partial charge in [0.15, 0.2) is 0 Å². The van der Waals surface area contributed by atoms with E-state index in [4.69, 9.17) is 4.74 Å². The van der Waals surface area contributed by atoms with Gasteiger partial charge >= 0.3 is 0 Å². The van der Waals surface area contributed by atoms with Crippen molar-refractivity contribution in [3.8, 4) is 0 Å². The molecule has 1 aliphatic carbocycles. The molecule has 0 unspecified atom stereocenters. The number of hydrogen-bond donors (Lipinski definition) is 1. The van der Waals surface area contributed by atoms with Crippen molar-refractivity contribution in [1.82, 2.24) is 4.31 Å². The number of nitro groups is 1. The van der Waals surface area contributed by atoms with Gasteiger partial charge in [0, 0.05) is 24.9 Å². The van der Waals surface area contributed by atoms with Gasteiger partial charge in [0.1, 0.15) is 5.69 Å². The summed E-state index contributed by atoms with van der Waals surface area (Å²) in [4.78, 5) is 10.9. The number of hydrazone groups is 1. The van der Waals surface area contributed by atoms with E-state index in [-0.39, 0.29) is 34.8 Å². The summed E-state index contributed by atoms with van der Waals surface area (Å²) >= 11 is 0. The molecule has 0 spiro atoms. The van der Waals surface area contributed by atoms with E-state index in [9.17, 15) is 18.5 Å². The van der Waals surface area contributed by atoms with Crippen molar-refractivity contribution in [1.29, 1.82) is 0 Å². The minimum atomic E-state index is -3.81. The number of nitro benzene ring substituents is 1. The molecule has 1 N–H and O–H groups in total. The molecule has 9 nitrogen and oxygen atoms in total. The molecule has 1 saturated heterocycles. The maximum absolute atomic E-state index is 12.8. The van der Waals surface area contributed by atoms with E-state index in [1.165, 1.54) is 16.4 Å². The summed E-state index contributed by atoms with van der Waals surface area (Å²) in [5.74, 6) is 0.496. The molecule has 0 radical (unpaired) electrons. The van der Waals surface area contributed by atoms with E-state index in [1.807, 2.05) is 0 Å². The smallest absolute Gasteiger partial charge is 0.295 e. The molecule has 1 saturated carbocycles. The fourth-order valence-corrected chi connectivity index (χ4v) is 5.62. The quantitative estimate of drug-likeness (QED) is 0.573. The van der Waals surface area contributed by atoms with Gasteiger partial charge in [0.2, 0.25) is 10.0 Å². The molecule has 1 atom stereocenters. The molecule has 1 aliphatic heterocycles. The number of morpholine rings is 1. The topological polar surface area (TPSA) is 114 Å². The Hall–Kier alpha value is -2.04. The third kappa shape index (κ3) is 5.12. The Morgan fingerprint density at radius 3 is 2.62 bits per heavy atom. The minimum Gasteiger partial charge on any atom is -0.379 e. The molecule has 1 aromatic rings. The zero-order chi connectivity index (χ0) is 21.2. The summed E-state index contributed by atoms with van der Waals surface area (Å²) in [6.45, 7) is 7.64. The Morgan fingerprint density at radius 2 is 2.00 bits per heavy atom. The van der Waals surface area contributed by atoms with Crippen LogP contribution in [0, 0.1) is 21.4 Å². The molecule has 10 heteroatoms. The van der Waals surface area contributed by atoms with Crippen LogP contribution in [0.3, 0.4) is 0 Å². The van der Waals surface area contributed by atoms with Crippen molar-refractivity contribution in [2.24, 2.45) is 16.4 Å². The van der Waals surface area contributed by atoms with Crippen LogP contribution in [0.15, 0.2) is 28.2 Å².